The molecule has 0 N–H and O–H groups in total. The summed E-state index contributed by atoms with van der Waals surface area (Å²) in [5.41, 5.74) is -1.86. The predicted octanol–water partition coefficient (Wildman–Crippen LogP) is 1.63. The summed E-state index contributed by atoms with van der Waals surface area (Å²) in [7, 11) is 0. The number of esters is 3. The number of carbonyl (C=O) groups is 5. The quantitative estimate of drug-likeness (QED) is 0.288. The average Bonchev–Trinajstić information content (AvgIpc) is 2.54. The maximum absolute atomic E-state index is 12.5. The lowest BCUT2D eigenvalue weighted by Crippen LogP contribution is -2.48. The van der Waals surface area contributed by atoms with Crippen LogP contribution < -0.4 is 0 Å². The molecule has 0 aliphatic heterocycles. The van der Waals surface area contributed by atoms with Gasteiger partial charge in [-0.15, -0.1) is 0 Å². The minimum Gasteiger partial charge on any atom is -0.466 e. The highest BCUT2D eigenvalue weighted by Crippen LogP contribution is 2.39. The molecular weight excluding hydrogens is 344 g/mol. The maximum atomic E-state index is 12.5. The van der Waals surface area contributed by atoms with E-state index < -0.39 is 47.2 Å². The fourth-order valence-electron chi connectivity index (χ4n) is 2.89. The highest BCUT2D eigenvalue weighted by atomic mass is 16.5. The van der Waals surface area contributed by atoms with Crippen molar-refractivity contribution in [3.05, 3.63) is 0 Å². The van der Waals surface area contributed by atoms with Crippen LogP contribution in [0.4, 0.5) is 0 Å². The summed E-state index contributed by atoms with van der Waals surface area (Å²) in [6, 6.07) is 0. The lowest BCUT2D eigenvalue weighted by molar-refractivity contribution is -0.166. The Hall–Kier alpha value is -2.25. The van der Waals surface area contributed by atoms with Gasteiger partial charge >= 0.3 is 17.9 Å². The smallest absolute Gasteiger partial charge is 0.310 e. The molecule has 26 heavy (non-hydrogen) atoms. The summed E-state index contributed by atoms with van der Waals surface area (Å²) in [4.78, 5) is 61.0. The van der Waals surface area contributed by atoms with Crippen molar-refractivity contribution in [2.75, 3.05) is 19.8 Å². The van der Waals surface area contributed by atoms with Gasteiger partial charge in [0.15, 0.2) is 0 Å². The molecule has 0 radical (unpaired) electrons. The van der Waals surface area contributed by atoms with E-state index in [1.54, 1.807) is 20.8 Å². The molecule has 0 heterocycles. The predicted molar refractivity (Wildman–Crippen MR) is 91.0 cm³/mol. The number of carbonyl (C=O) groups excluding carboxylic acids is 5. The van der Waals surface area contributed by atoms with Gasteiger partial charge in [-0.25, -0.2) is 0 Å². The Morgan fingerprint density at radius 3 is 1.65 bits per heavy atom. The first kappa shape index (κ1) is 23.8. The third kappa shape index (κ3) is 6.24. The van der Waals surface area contributed by atoms with E-state index in [1.807, 2.05) is 0 Å². The van der Waals surface area contributed by atoms with Crippen molar-refractivity contribution in [2.45, 2.75) is 53.9 Å². The summed E-state index contributed by atoms with van der Waals surface area (Å²) in [6.07, 6.45) is -0.986. The molecule has 0 aromatic rings. The van der Waals surface area contributed by atoms with Crippen LogP contribution in [0, 0.1) is 11.3 Å². The van der Waals surface area contributed by atoms with E-state index in [-0.39, 0.29) is 32.7 Å². The molecule has 1 atom stereocenters. The Morgan fingerprint density at radius 1 is 0.769 bits per heavy atom. The van der Waals surface area contributed by atoms with Crippen molar-refractivity contribution in [1.82, 2.24) is 0 Å². The fraction of sp³-hybridized carbons (Fsp3) is 0.722. The molecule has 8 nitrogen and oxygen atoms in total. The molecule has 148 valence electrons. The second kappa shape index (κ2) is 11.4. The summed E-state index contributed by atoms with van der Waals surface area (Å²) in [6.45, 7) is 7.36. The van der Waals surface area contributed by atoms with Crippen LogP contribution in [-0.2, 0) is 38.2 Å². The van der Waals surface area contributed by atoms with Gasteiger partial charge in [0, 0.05) is 6.42 Å². The van der Waals surface area contributed by atoms with Gasteiger partial charge < -0.3 is 14.2 Å². The van der Waals surface area contributed by atoms with Crippen LogP contribution in [0.5, 0.6) is 0 Å². The Morgan fingerprint density at radius 2 is 1.23 bits per heavy atom. The molecule has 0 saturated carbocycles. The number of hydrogen-bond donors (Lipinski definition) is 0. The molecule has 0 rings (SSSR count). The summed E-state index contributed by atoms with van der Waals surface area (Å²) < 4.78 is 14.7. The van der Waals surface area contributed by atoms with Gasteiger partial charge in [0.25, 0.3) is 0 Å². The molecule has 8 heteroatoms. The largest absolute Gasteiger partial charge is 0.466 e. The van der Waals surface area contributed by atoms with E-state index in [0.29, 0.717) is 0 Å². The SMILES string of the molecule is CCOC(=O)CCC(C(C)=O)(C(C)=O)C(CC(=O)OCC)C(=O)OCC. The average molecular weight is 372 g/mol. The summed E-state index contributed by atoms with van der Waals surface area (Å²) in [5.74, 6) is -4.78. The minimum atomic E-state index is -1.86. The Kier molecular flexibility index (Phi) is 10.4. The van der Waals surface area contributed by atoms with Gasteiger partial charge in [0.2, 0.25) is 0 Å². The zero-order chi connectivity index (χ0) is 20.3. The number of Topliss-reactive ketones (excluding diaryl/α,β-unsaturated/α-hetero) is 2. The standard InChI is InChI=1S/C18H28O8/c1-6-24-15(21)9-10-18(12(4)19,13(5)20)14(17(23)26-8-3)11-16(22)25-7-2/h14H,6-11H2,1-5H3. The van der Waals surface area contributed by atoms with Gasteiger partial charge in [-0.05, 0) is 41.0 Å². The molecule has 0 saturated heterocycles. The van der Waals surface area contributed by atoms with Crippen LogP contribution in [0.25, 0.3) is 0 Å². The maximum Gasteiger partial charge on any atom is 0.310 e. The summed E-state index contributed by atoms with van der Waals surface area (Å²) in [5, 5.41) is 0. The molecule has 0 amide bonds. The Balaban J connectivity index is 5.93. The van der Waals surface area contributed by atoms with Crippen LogP contribution in [0.2, 0.25) is 0 Å². The van der Waals surface area contributed by atoms with Crippen molar-refractivity contribution < 1.29 is 38.2 Å². The van der Waals surface area contributed by atoms with E-state index >= 15 is 0 Å². The fourth-order valence-corrected chi connectivity index (χ4v) is 2.89. The zero-order valence-corrected chi connectivity index (χ0v) is 16.1. The Labute approximate surface area is 153 Å². The molecule has 1 unspecified atom stereocenters. The highest BCUT2D eigenvalue weighted by molar-refractivity contribution is 6.09. The van der Waals surface area contributed by atoms with Crippen LogP contribution in [0.1, 0.15) is 53.9 Å². The normalized spacial score (nSPS) is 12.0. The third-order valence-corrected chi connectivity index (χ3v) is 4.13. The lowest BCUT2D eigenvalue weighted by atomic mass is 9.65. The van der Waals surface area contributed by atoms with Crippen molar-refractivity contribution in [3.63, 3.8) is 0 Å². The highest BCUT2D eigenvalue weighted by Gasteiger charge is 2.52. The molecule has 0 aromatic heterocycles. The second-order valence-electron chi connectivity index (χ2n) is 5.70. The molecular formula is C18H28O8. The van der Waals surface area contributed by atoms with Gasteiger partial charge in [0.05, 0.1) is 32.2 Å². The van der Waals surface area contributed by atoms with Crippen molar-refractivity contribution >= 4 is 29.5 Å². The van der Waals surface area contributed by atoms with Gasteiger partial charge in [-0.1, -0.05) is 0 Å². The van der Waals surface area contributed by atoms with Crippen LogP contribution in [0.15, 0.2) is 0 Å². The number of hydrogen-bond acceptors (Lipinski definition) is 8. The molecule has 0 fully saturated rings. The molecule has 0 bridgehead atoms. The van der Waals surface area contributed by atoms with Crippen LogP contribution in [-0.4, -0.2) is 49.3 Å². The topological polar surface area (TPSA) is 113 Å². The number of ether oxygens (including phenoxy) is 3. The van der Waals surface area contributed by atoms with E-state index in [1.165, 1.54) is 0 Å². The van der Waals surface area contributed by atoms with E-state index in [0.717, 1.165) is 13.8 Å². The van der Waals surface area contributed by atoms with Gasteiger partial charge in [0.1, 0.15) is 17.0 Å². The van der Waals surface area contributed by atoms with Crippen molar-refractivity contribution in [3.8, 4) is 0 Å². The van der Waals surface area contributed by atoms with Crippen molar-refractivity contribution in [1.29, 1.82) is 0 Å². The van der Waals surface area contributed by atoms with E-state index in [4.69, 9.17) is 14.2 Å². The first-order chi connectivity index (χ1) is 12.2. The second-order valence-corrected chi connectivity index (χ2v) is 5.70. The molecule has 0 spiro atoms. The van der Waals surface area contributed by atoms with Gasteiger partial charge in [-0.3, -0.25) is 24.0 Å². The van der Waals surface area contributed by atoms with Crippen LogP contribution >= 0.6 is 0 Å². The van der Waals surface area contributed by atoms with Gasteiger partial charge in [-0.2, -0.15) is 0 Å². The summed E-state index contributed by atoms with van der Waals surface area (Å²) >= 11 is 0. The lowest BCUT2D eigenvalue weighted by Gasteiger charge is -2.34. The van der Waals surface area contributed by atoms with Crippen LogP contribution in [0.3, 0.4) is 0 Å². The van der Waals surface area contributed by atoms with E-state index in [2.05, 4.69) is 0 Å². The Bertz CT molecular complexity index is 523. The van der Waals surface area contributed by atoms with Crippen molar-refractivity contribution in [2.24, 2.45) is 11.3 Å². The van der Waals surface area contributed by atoms with E-state index in [9.17, 15) is 24.0 Å². The monoisotopic (exact) mass is 372 g/mol. The molecule has 0 aliphatic carbocycles. The number of rotatable bonds is 12. The first-order valence-electron chi connectivity index (χ1n) is 8.67. The number of ketones is 2. The third-order valence-electron chi connectivity index (χ3n) is 4.13. The zero-order valence-electron chi connectivity index (χ0n) is 16.1. The minimum absolute atomic E-state index is 0.0158. The first-order valence-corrected chi connectivity index (χ1v) is 8.67. The molecule has 0 aliphatic rings. The molecule has 0 aromatic carbocycles.